The molecule has 2 rings (SSSR count). The molecule has 1 aromatic rings. The summed E-state index contributed by atoms with van der Waals surface area (Å²) in [7, 11) is -3.52. The van der Waals surface area contributed by atoms with E-state index >= 15 is 0 Å². The fourth-order valence-corrected chi connectivity index (χ4v) is 2.31. The summed E-state index contributed by atoms with van der Waals surface area (Å²) in [6, 6.07) is 3.10. The van der Waals surface area contributed by atoms with Gasteiger partial charge in [-0.2, -0.15) is 5.10 Å². The third-order valence-corrected chi connectivity index (χ3v) is 3.89. The maximum Gasteiger partial charge on any atom is 0.271 e. The van der Waals surface area contributed by atoms with E-state index in [9.17, 15) is 22.4 Å². The predicted molar refractivity (Wildman–Crippen MR) is 73.0 cm³/mol. The number of nitrogens with zero attached hydrogens (tertiary/aromatic N) is 1. The quantitative estimate of drug-likeness (QED) is 0.790. The zero-order valence-corrected chi connectivity index (χ0v) is 11.8. The Kier molecular flexibility index (Phi) is 4.03. The molecule has 112 valence electrons. The molecule has 0 unspecified atom stereocenters. The maximum absolute atomic E-state index is 13.6. The highest BCUT2D eigenvalue weighted by molar-refractivity contribution is 7.90. The third-order valence-electron chi connectivity index (χ3n) is 2.78. The van der Waals surface area contributed by atoms with Gasteiger partial charge in [0.25, 0.3) is 5.91 Å². The number of rotatable bonds is 3. The molecule has 0 atom stereocenters. The molecule has 0 spiro atoms. The van der Waals surface area contributed by atoms with Crippen molar-refractivity contribution < 1.29 is 22.4 Å². The van der Waals surface area contributed by atoms with E-state index in [-0.39, 0.29) is 35.0 Å². The van der Waals surface area contributed by atoms with Crippen molar-refractivity contribution in [2.24, 2.45) is 5.10 Å². The van der Waals surface area contributed by atoms with Crippen molar-refractivity contribution in [3.8, 4) is 0 Å². The lowest BCUT2D eigenvalue weighted by molar-refractivity contribution is -0.121. The standard InChI is InChI=1S/C12H12FN3O4S/c1-21(19,20)7-2-3-8(13)10(6-7)14-12(18)9-4-5-11(17)16-15-9/h2-3,6H,4-5H2,1H3,(H,14,18)(H,16,17). The fourth-order valence-electron chi connectivity index (χ4n) is 1.66. The van der Waals surface area contributed by atoms with Crippen LogP contribution in [-0.2, 0) is 19.4 Å². The van der Waals surface area contributed by atoms with E-state index in [1.54, 1.807) is 0 Å². The second-order valence-corrected chi connectivity index (χ2v) is 6.48. The maximum atomic E-state index is 13.6. The van der Waals surface area contributed by atoms with Crippen molar-refractivity contribution >= 4 is 33.1 Å². The topological polar surface area (TPSA) is 105 Å². The second kappa shape index (κ2) is 5.60. The molecule has 0 fully saturated rings. The van der Waals surface area contributed by atoms with Crippen molar-refractivity contribution in [2.45, 2.75) is 17.7 Å². The van der Waals surface area contributed by atoms with E-state index in [1.165, 1.54) is 0 Å². The molecular formula is C12H12FN3O4S. The Balaban J connectivity index is 2.23. The third kappa shape index (κ3) is 3.63. The average Bonchev–Trinajstić information content (AvgIpc) is 2.40. The number of carbonyl (C=O) groups is 2. The number of hydrazone groups is 1. The van der Waals surface area contributed by atoms with Crippen LogP contribution in [0.1, 0.15) is 12.8 Å². The normalized spacial score (nSPS) is 15.1. The van der Waals surface area contributed by atoms with Crippen molar-refractivity contribution in [1.29, 1.82) is 0 Å². The molecule has 0 bridgehead atoms. The Bertz CT molecular complexity index is 743. The summed E-state index contributed by atoms with van der Waals surface area (Å²) >= 11 is 0. The van der Waals surface area contributed by atoms with E-state index in [0.29, 0.717) is 0 Å². The highest BCUT2D eigenvalue weighted by atomic mass is 32.2. The van der Waals surface area contributed by atoms with Crippen LogP contribution in [0.25, 0.3) is 0 Å². The molecule has 9 heteroatoms. The SMILES string of the molecule is CS(=O)(=O)c1ccc(F)c(NC(=O)C2=NNC(=O)CC2)c1. The molecule has 21 heavy (non-hydrogen) atoms. The van der Waals surface area contributed by atoms with Crippen LogP contribution in [0.2, 0.25) is 0 Å². The van der Waals surface area contributed by atoms with Gasteiger partial charge in [0, 0.05) is 19.1 Å². The zero-order chi connectivity index (χ0) is 15.6. The molecule has 0 saturated carbocycles. The largest absolute Gasteiger partial charge is 0.318 e. The molecule has 7 nitrogen and oxygen atoms in total. The summed E-state index contributed by atoms with van der Waals surface area (Å²) in [5, 5.41) is 5.82. The number of carbonyl (C=O) groups excluding carboxylic acids is 2. The molecule has 1 aliphatic rings. The summed E-state index contributed by atoms with van der Waals surface area (Å²) in [6.45, 7) is 0. The van der Waals surface area contributed by atoms with Crippen LogP contribution in [0.5, 0.6) is 0 Å². The first-order valence-electron chi connectivity index (χ1n) is 5.94. The number of hydrogen-bond acceptors (Lipinski definition) is 5. The first kappa shape index (κ1) is 15.1. The number of hydrogen-bond donors (Lipinski definition) is 2. The number of anilines is 1. The minimum atomic E-state index is -3.52. The van der Waals surface area contributed by atoms with Gasteiger partial charge >= 0.3 is 0 Å². The zero-order valence-electron chi connectivity index (χ0n) is 11.0. The molecule has 1 aliphatic heterocycles. The second-order valence-electron chi connectivity index (χ2n) is 4.46. The minimum Gasteiger partial charge on any atom is -0.318 e. The molecule has 2 N–H and O–H groups in total. The van der Waals surface area contributed by atoms with Crippen LogP contribution in [0.15, 0.2) is 28.2 Å². The van der Waals surface area contributed by atoms with Crippen LogP contribution in [-0.4, -0.2) is 32.2 Å². The van der Waals surface area contributed by atoms with E-state index in [1.807, 2.05) is 0 Å². The van der Waals surface area contributed by atoms with Gasteiger partial charge in [0.1, 0.15) is 11.5 Å². The number of nitrogens with one attached hydrogen (secondary N) is 2. The molecule has 1 heterocycles. The summed E-state index contributed by atoms with van der Waals surface area (Å²) in [5.74, 6) is -1.77. The van der Waals surface area contributed by atoms with Gasteiger partial charge in [-0.3, -0.25) is 9.59 Å². The summed E-state index contributed by atoms with van der Waals surface area (Å²) < 4.78 is 36.5. The smallest absolute Gasteiger partial charge is 0.271 e. The van der Waals surface area contributed by atoms with Gasteiger partial charge in [0.05, 0.1) is 10.6 Å². The van der Waals surface area contributed by atoms with Crippen LogP contribution in [0, 0.1) is 5.82 Å². The minimum absolute atomic E-state index is 0.0405. The van der Waals surface area contributed by atoms with E-state index in [4.69, 9.17) is 0 Å². The van der Waals surface area contributed by atoms with Gasteiger partial charge in [-0.05, 0) is 18.2 Å². The van der Waals surface area contributed by atoms with Crippen molar-refractivity contribution in [1.82, 2.24) is 5.43 Å². The lowest BCUT2D eigenvalue weighted by atomic mass is 10.1. The highest BCUT2D eigenvalue weighted by Gasteiger charge is 2.20. The van der Waals surface area contributed by atoms with Gasteiger partial charge in [-0.15, -0.1) is 0 Å². The predicted octanol–water partition coefficient (Wildman–Crippen LogP) is 0.434. The number of halogens is 1. The molecule has 0 aromatic heterocycles. The van der Waals surface area contributed by atoms with Crippen molar-refractivity contribution in [2.75, 3.05) is 11.6 Å². The van der Waals surface area contributed by atoms with E-state index < -0.39 is 21.6 Å². The molecular weight excluding hydrogens is 301 g/mol. The Morgan fingerprint density at radius 1 is 1.38 bits per heavy atom. The number of amides is 2. The van der Waals surface area contributed by atoms with E-state index in [0.717, 1.165) is 24.5 Å². The van der Waals surface area contributed by atoms with Crippen LogP contribution in [0.4, 0.5) is 10.1 Å². The summed E-state index contributed by atoms with van der Waals surface area (Å²) in [5.41, 5.74) is 1.93. The lowest BCUT2D eigenvalue weighted by Crippen LogP contribution is -2.33. The number of sulfone groups is 1. The molecule has 0 radical (unpaired) electrons. The molecule has 0 aliphatic carbocycles. The van der Waals surface area contributed by atoms with Crippen LogP contribution in [0.3, 0.4) is 0 Å². The Labute approximate surface area is 120 Å². The Hall–Kier alpha value is -2.29. The summed E-state index contributed by atoms with van der Waals surface area (Å²) in [6.07, 6.45) is 1.22. The highest BCUT2D eigenvalue weighted by Crippen LogP contribution is 2.20. The Morgan fingerprint density at radius 2 is 2.10 bits per heavy atom. The summed E-state index contributed by atoms with van der Waals surface area (Å²) in [4.78, 5) is 22.7. The van der Waals surface area contributed by atoms with Gasteiger partial charge in [-0.1, -0.05) is 0 Å². The van der Waals surface area contributed by atoms with Gasteiger partial charge in [0.2, 0.25) is 5.91 Å². The Morgan fingerprint density at radius 3 is 2.67 bits per heavy atom. The van der Waals surface area contributed by atoms with Crippen molar-refractivity contribution in [3.05, 3.63) is 24.0 Å². The molecule has 1 aromatic carbocycles. The fraction of sp³-hybridized carbons (Fsp3) is 0.250. The van der Waals surface area contributed by atoms with Gasteiger partial charge < -0.3 is 5.32 Å². The monoisotopic (exact) mass is 313 g/mol. The number of benzene rings is 1. The van der Waals surface area contributed by atoms with Gasteiger partial charge in [-0.25, -0.2) is 18.2 Å². The first-order chi connectivity index (χ1) is 9.77. The van der Waals surface area contributed by atoms with Gasteiger partial charge in [0.15, 0.2) is 9.84 Å². The lowest BCUT2D eigenvalue weighted by Gasteiger charge is -2.12. The van der Waals surface area contributed by atoms with Crippen LogP contribution >= 0.6 is 0 Å². The molecule has 0 saturated heterocycles. The van der Waals surface area contributed by atoms with Crippen molar-refractivity contribution in [3.63, 3.8) is 0 Å². The van der Waals surface area contributed by atoms with E-state index in [2.05, 4.69) is 15.8 Å². The average molecular weight is 313 g/mol. The molecule has 2 amide bonds. The van der Waals surface area contributed by atoms with Crippen LogP contribution < -0.4 is 10.7 Å². The first-order valence-corrected chi connectivity index (χ1v) is 7.83.